The lowest BCUT2D eigenvalue weighted by Gasteiger charge is -2.26. The van der Waals surface area contributed by atoms with E-state index in [0.29, 0.717) is 11.9 Å². The quantitative estimate of drug-likeness (QED) is 0.858. The summed E-state index contributed by atoms with van der Waals surface area (Å²) in [6.07, 6.45) is 3.15. The van der Waals surface area contributed by atoms with Gasteiger partial charge in [-0.1, -0.05) is 6.92 Å². The fourth-order valence-electron chi connectivity index (χ4n) is 2.54. The van der Waals surface area contributed by atoms with Crippen molar-refractivity contribution in [2.24, 2.45) is 5.92 Å². The first kappa shape index (κ1) is 12.8. The highest BCUT2D eigenvalue weighted by Gasteiger charge is 2.32. The summed E-state index contributed by atoms with van der Waals surface area (Å²) in [4.78, 5) is 6.63. The van der Waals surface area contributed by atoms with Crippen LogP contribution in [-0.4, -0.2) is 35.6 Å². The van der Waals surface area contributed by atoms with Gasteiger partial charge >= 0.3 is 0 Å². The standard InChI is InChI=1S/C13H19BrN2O/c1-9-6-12(16(3)8-9)10(2)17-13-5-4-11(14)7-15-13/h4-5,7,9-10,12H,6,8H2,1-3H3. The average molecular weight is 299 g/mol. The topological polar surface area (TPSA) is 25.4 Å². The van der Waals surface area contributed by atoms with Crippen LogP contribution in [0, 0.1) is 5.92 Å². The highest BCUT2D eigenvalue weighted by atomic mass is 79.9. The Balaban J connectivity index is 1.97. The van der Waals surface area contributed by atoms with Crippen molar-refractivity contribution in [3.63, 3.8) is 0 Å². The van der Waals surface area contributed by atoms with Crippen LogP contribution >= 0.6 is 15.9 Å². The summed E-state index contributed by atoms with van der Waals surface area (Å²) in [6, 6.07) is 4.35. The van der Waals surface area contributed by atoms with E-state index in [9.17, 15) is 0 Å². The van der Waals surface area contributed by atoms with E-state index in [-0.39, 0.29) is 6.10 Å². The largest absolute Gasteiger partial charge is 0.473 e. The predicted molar refractivity (Wildman–Crippen MR) is 72.2 cm³/mol. The number of likely N-dealkylation sites (tertiary alicyclic amines) is 1. The molecule has 3 nitrogen and oxygen atoms in total. The first-order valence-electron chi connectivity index (χ1n) is 6.04. The molecule has 0 aliphatic carbocycles. The summed E-state index contributed by atoms with van der Waals surface area (Å²) in [5.41, 5.74) is 0. The monoisotopic (exact) mass is 298 g/mol. The van der Waals surface area contributed by atoms with E-state index in [0.717, 1.165) is 16.9 Å². The van der Waals surface area contributed by atoms with E-state index in [2.05, 4.69) is 46.7 Å². The molecule has 0 saturated carbocycles. The van der Waals surface area contributed by atoms with Gasteiger partial charge in [0.2, 0.25) is 5.88 Å². The van der Waals surface area contributed by atoms with Crippen LogP contribution in [0.15, 0.2) is 22.8 Å². The zero-order valence-electron chi connectivity index (χ0n) is 10.6. The molecule has 0 spiro atoms. The van der Waals surface area contributed by atoms with E-state index in [1.807, 2.05) is 12.1 Å². The molecular formula is C13H19BrN2O. The first-order valence-corrected chi connectivity index (χ1v) is 6.84. The minimum absolute atomic E-state index is 0.179. The van der Waals surface area contributed by atoms with Gasteiger partial charge in [0.15, 0.2) is 0 Å². The summed E-state index contributed by atoms with van der Waals surface area (Å²) >= 11 is 3.37. The Morgan fingerprint density at radius 3 is 2.82 bits per heavy atom. The van der Waals surface area contributed by atoms with Gasteiger partial charge in [-0.25, -0.2) is 4.98 Å². The van der Waals surface area contributed by atoms with Crippen molar-refractivity contribution in [3.8, 4) is 5.88 Å². The molecule has 1 aliphatic rings. The molecule has 3 unspecified atom stereocenters. The number of hydrogen-bond donors (Lipinski definition) is 0. The van der Waals surface area contributed by atoms with Crippen molar-refractivity contribution < 1.29 is 4.74 Å². The number of likely N-dealkylation sites (N-methyl/N-ethyl adjacent to an activating group) is 1. The molecule has 1 fully saturated rings. The molecule has 4 heteroatoms. The average Bonchev–Trinajstić information content (AvgIpc) is 2.61. The lowest BCUT2D eigenvalue weighted by atomic mass is 10.0. The van der Waals surface area contributed by atoms with E-state index in [1.165, 1.54) is 6.42 Å². The number of pyridine rings is 1. The van der Waals surface area contributed by atoms with E-state index in [4.69, 9.17) is 4.74 Å². The van der Waals surface area contributed by atoms with Crippen LogP contribution in [0.4, 0.5) is 0 Å². The van der Waals surface area contributed by atoms with Gasteiger partial charge in [0.05, 0.1) is 0 Å². The second kappa shape index (κ2) is 5.36. The third-order valence-electron chi connectivity index (χ3n) is 3.36. The minimum Gasteiger partial charge on any atom is -0.473 e. The van der Waals surface area contributed by atoms with Gasteiger partial charge in [-0.05, 0) is 48.3 Å². The summed E-state index contributed by atoms with van der Waals surface area (Å²) in [7, 11) is 2.17. The molecule has 1 saturated heterocycles. The molecule has 2 heterocycles. The molecule has 0 N–H and O–H groups in total. The van der Waals surface area contributed by atoms with Crippen molar-refractivity contribution in [1.29, 1.82) is 0 Å². The normalized spacial score (nSPS) is 27.1. The maximum atomic E-state index is 5.90. The maximum absolute atomic E-state index is 5.90. The summed E-state index contributed by atoms with van der Waals surface area (Å²) in [5.74, 6) is 1.46. The summed E-state index contributed by atoms with van der Waals surface area (Å²) < 4.78 is 6.87. The predicted octanol–water partition coefficient (Wildman–Crippen LogP) is 2.95. The number of rotatable bonds is 3. The van der Waals surface area contributed by atoms with Crippen molar-refractivity contribution in [3.05, 3.63) is 22.8 Å². The molecule has 2 rings (SSSR count). The third kappa shape index (κ3) is 3.19. The minimum atomic E-state index is 0.179. The van der Waals surface area contributed by atoms with Gasteiger partial charge in [-0.3, -0.25) is 4.90 Å². The van der Waals surface area contributed by atoms with E-state index >= 15 is 0 Å². The summed E-state index contributed by atoms with van der Waals surface area (Å²) in [6.45, 7) is 5.58. The fraction of sp³-hybridized carbons (Fsp3) is 0.615. The first-order chi connectivity index (χ1) is 8.06. The Morgan fingerprint density at radius 2 is 2.29 bits per heavy atom. The van der Waals surface area contributed by atoms with Crippen LogP contribution < -0.4 is 4.74 Å². The fourth-order valence-corrected chi connectivity index (χ4v) is 2.78. The van der Waals surface area contributed by atoms with Crippen molar-refractivity contribution in [2.45, 2.75) is 32.4 Å². The van der Waals surface area contributed by atoms with Gasteiger partial charge in [0.1, 0.15) is 6.10 Å². The highest BCUT2D eigenvalue weighted by molar-refractivity contribution is 9.10. The van der Waals surface area contributed by atoms with E-state index in [1.54, 1.807) is 6.20 Å². The number of nitrogens with zero attached hydrogens (tertiary/aromatic N) is 2. The van der Waals surface area contributed by atoms with Crippen molar-refractivity contribution in [1.82, 2.24) is 9.88 Å². The molecule has 1 aliphatic heterocycles. The molecule has 1 aromatic rings. The highest BCUT2D eigenvalue weighted by Crippen LogP contribution is 2.25. The molecule has 0 radical (unpaired) electrons. The zero-order valence-corrected chi connectivity index (χ0v) is 12.1. The number of aromatic nitrogens is 1. The van der Waals surface area contributed by atoms with Gasteiger partial charge in [0, 0.05) is 29.3 Å². The Hall–Kier alpha value is -0.610. The van der Waals surface area contributed by atoms with Gasteiger partial charge in [0.25, 0.3) is 0 Å². The molecule has 0 bridgehead atoms. The van der Waals surface area contributed by atoms with Crippen molar-refractivity contribution in [2.75, 3.05) is 13.6 Å². The molecule has 94 valence electrons. The zero-order chi connectivity index (χ0) is 12.4. The Labute approximate surface area is 111 Å². The molecule has 0 amide bonds. The third-order valence-corrected chi connectivity index (χ3v) is 3.83. The number of hydrogen-bond acceptors (Lipinski definition) is 3. The Morgan fingerprint density at radius 1 is 1.53 bits per heavy atom. The van der Waals surface area contributed by atoms with Crippen LogP contribution in [0.1, 0.15) is 20.3 Å². The smallest absolute Gasteiger partial charge is 0.213 e. The van der Waals surface area contributed by atoms with Crippen LogP contribution in [0.25, 0.3) is 0 Å². The lowest BCUT2D eigenvalue weighted by molar-refractivity contribution is 0.117. The van der Waals surface area contributed by atoms with Crippen LogP contribution in [0.2, 0.25) is 0 Å². The van der Waals surface area contributed by atoms with Crippen LogP contribution in [0.3, 0.4) is 0 Å². The van der Waals surface area contributed by atoms with Gasteiger partial charge in [-0.15, -0.1) is 0 Å². The Kier molecular flexibility index (Phi) is 4.05. The second-order valence-electron chi connectivity index (χ2n) is 4.99. The molecule has 3 atom stereocenters. The second-order valence-corrected chi connectivity index (χ2v) is 5.90. The van der Waals surface area contributed by atoms with Crippen LogP contribution in [-0.2, 0) is 0 Å². The molecular weight excluding hydrogens is 280 g/mol. The molecule has 0 aromatic carbocycles. The lowest BCUT2D eigenvalue weighted by Crippen LogP contribution is -2.38. The summed E-state index contributed by atoms with van der Waals surface area (Å²) in [5, 5.41) is 0. The Bertz CT molecular complexity index is 368. The maximum Gasteiger partial charge on any atom is 0.213 e. The number of ether oxygens (including phenoxy) is 1. The van der Waals surface area contributed by atoms with Gasteiger partial charge in [-0.2, -0.15) is 0 Å². The van der Waals surface area contributed by atoms with Gasteiger partial charge < -0.3 is 4.74 Å². The number of halogens is 1. The molecule has 17 heavy (non-hydrogen) atoms. The molecule has 1 aromatic heterocycles. The SMILES string of the molecule is CC1CC(C(C)Oc2ccc(Br)cn2)N(C)C1. The van der Waals surface area contributed by atoms with E-state index < -0.39 is 0 Å². The van der Waals surface area contributed by atoms with Crippen molar-refractivity contribution >= 4 is 15.9 Å². The van der Waals surface area contributed by atoms with Crippen LogP contribution in [0.5, 0.6) is 5.88 Å².